The molecule has 0 spiro atoms. The molecule has 2 aromatic carbocycles. The maximum Gasteiger partial charge on any atom is 0.298 e. The summed E-state index contributed by atoms with van der Waals surface area (Å²) in [6, 6.07) is 13.4. The van der Waals surface area contributed by atoms with Crippen LogP contribution < -0.4 is 4.90 Å². The lowest BCUT2D eigenvalue weighted by Crippen LogP contribution is -2.38. The summed E-state index contributed by atoms with van der Waals surface area (Å²) in [7, 11) is 0. The van der Waals surface area contributed by atoms with Gasteiger partial charge in [-0.2, -0.15) is 0 Å². The summed E-state index contributed by atoms with van der Waals surface area (Å²) in [4.78, 5) is 19.4. The van der Waals surface area contributed by atoms with E-state index in [4.69, 9.17) is 11.6 Å². The minimum absolute atomic E-state index is 0.0365. The van der Waals surface area contributed by atoms with E-state index in [0.717, 1.165) is 16.8 Å². The lowest BCUT2D eigenvalue weighted by Gasteiger charge is -2.27. The number of rotatable bonds is 4. The van der Waals surface area contributed by atoms with E-state index in [9.17, 15) is 4.79 Å². The van der Waals surface area contributed by atoms with Crippen molar-refractivity contribution in [2.45, 2.75) is 40.7 Å². The first kappa shape index (κ1) is 19.1. The van der Waals surface area contributed by atoms with Crippen molar-refractivity contribution in [3.63, 3.8) is 0 Å². The summed E-state index contributed by atoms with van der Waals surface area (Å²) < 4.78 is 1.61. The normalized spacial score (nSPS) is 11.1. The van der Waals surface area contributed by atoms with Gasteiger partial charge in [-0.15, -0.1) is 5.10 Å². The number of hydrogen-bond acceptors (Lipinski definition) is 3. The number of halogens is 1. The Hall–Kier alpha value is -2.66. The third kappa shape index (κ3) is 3.74. The quantitative estimate of drug-likeness (QED) is 0.644. The molecule has 0 saturated heterocycles. The summed E-state index contributed by atoms with van der Waals surface area (Å²) in [5, 5.41) is 5.01. The van der Waals surface area contributed by atoms with Crippen LogP contribution in [-0.4, -0.2) is 26.7 Å². The number of anilines is 1. The summed E-state index contributed by atoms with van der Waals surface area (Å²) in [5.74, 6) is 0.533. The molecular formula is C21H23ClN4O. The standard InChI is InChI=1S/C21H23ClN4O/c1-13(2)25(19-12-14(3)10-11-15(19)4)21(27)20-23-16(5)26(24-20)18-9-7-6-8-17(18)22/h6-13H,1-5H3. The second-order valence-electron chi connectivity index (χ2n) is 6.90. The number of nitrogens with zero attached hydrogens (tertiary/aromatic N) is 4. The Morgan fingerprint density at radius 3 is 2.48 bits per heavy atom. The second kappa shape index (κ2) is 7.53. The first-order valence-corrected chi connectivity index (χ1v) is 9.26. The molecule has 0 aliphatic carbocycles. The molecule has 6 heteroatoms. The van der Waals surface area contributed by atoms with Gasteiger partial charge >= 0.3 is 0 Å². The Kier molecular flexibility index (Phi) is 5.33. The predicted octanol–water partition coefficient (Wildman–Crippen LogP) is 4.90. The number of para-hydroxylation sites is 1. The van der Waals surface area contributed by atoms with E-state index in [1.807, 2.05) is 71.0 Å². The summed E-state index contributed by atoms with van der Waals surface area (Å²) in [6.45, 7) is 9.79. The Morgan fingerprint density at radius 1 is 1.11 bits per heavy atom. The van der Waals surface area contributed by atoms with Crippen molar-refractivity contribution in [3.8, 4) is 5.69 Å². The highest BCUT2D eigenvalue weighted by Crippen LogP contribution is 2.26. The van der Waals surface area contributed by atoms with Crippen LogP contribution in [0.2, 0.25) is 5.02 Å². The van der Waals surface area contributed by atoms with E-state index >= 15 is 0 Å². The fourth-order valence-electron chi connectivity index (χ4n) is 3.04. The second-order valence-corrected chi connectivity index (χ2v) is 7.31. The Balaban J connectivity index is 2.05. The zero-order valence-electron chi connectivity index (χ0n) is 16.2. The van der Waals surface area contributed by atoms with Crippen molar-refractivity contribution >= 4 is 23.2 Å². The average Bonchev–Trinajstić information content (AvgIpc) is 3.00. The van der Waals surface area contributed by atoms with Crippen molar-refractivity contribution in [2.24, 2.45) is 0 Å². The van der Waals surface area contributed by atoms with E-state index in [1.54, 1.807) is 15.6 Å². The molecule has 0 aliphatic heterocycles. The predicted molar refractivity (Wildman–Crippen MR) is 109 cm³/mol. The largest absolute Gasteiger partial charge is 0.303 e. The van der Waals surface area contributed by atoms with Gasteiger partial charge in [0.15, 0.2) is 0 Å². The molecule has 27 heavy (non-hydrogen) atoms. The van der Waals surface area contributed by atoms with Crippen molar-refractivity contribution in [1.82, 2.24) is 14.8 Å². The van der Waals surface area contributed by atoms with Gasteiger partial charge in [0.1, 0.15) is 5.82 Å². The van der Waals surface area contributed by atoms with Crippen LogP contribution >= 0.6 is 11.6 Å². The molecule has 0 unspecified atom stereocenters. The van der Waals surface area contributed by atoms with Crippen molar-refractivity contribution < 1.29 is 4.79 Å². The highest BCUT2D eigenvalue weighted by Gasteiger charge is 2.26. The number of amides is 1. The molecule has 5 nitrogen and oxygen atoms in total. The Morgan fingerprint density at radius 2 is 1.81 bits per heavy atom. The fourth-order valence-corrected chi connectivity index (χ4v) is 3.26. The van der Waals surface area contributed by atoms with E-state index in [1.165, 1.54) is 0 Å². The van der Waals surface area contributed by atoms with Crippen LogP contribution in [0.15, 0.2) is 42.5 Å². The van der Waals surface area contributed by atoms with Crippen molar-refractivity contribution in [1.29, 1.82) is 0 Å². The van der Waals surface area contributed by atoms with Gasteiger partial charge in [0, 0.05) is 11.7 Å². The average molecular weight is 383 g/mol. The van der Waals surface area contributed by atoms with E-state index in [0.29, 0.717) is 16.5 Å². The van der Waals surface area contributed by atoms with Crippen LogP contribution in [0.3, 0.4) is 0 Å². The van der Waals surface area contributed by atoms with E-state index < -0.39 is 0 Å². The van der Waals surface area contributed by atoms with Gasteiger partial charge in [0.25, 0.3) is 5.91 Å². The van der Waals surface area contributed by atoms with Crippen molar-refractivity contribution in [3.05, 3.63) is 70.3 Å². The fraction of sp³-hybridized carbons (Fsp3) is 0.286. The molecule has 3 rings (SSSR count). The van der Waals surface area contributed by atoms with Gasteiger partial charge in [-0.1, -0.05) is 35.9 Å². The third-order valence-electron chi connectivity index (χ3n) is 4.40. The van der Waals surface area contributed by atoms with Crippen LogP contribution in [0.1, 0.15) is 41.4 Å². The molecule has 0 aliphatic rings. The molecule has 1 amide bonds. The maximum atomic E-state index is 13.3. The molecule has 0 bridgehead atoms. The molecule has 0 atom stereocenters. The first-order valence-electron chi connectivity index (χ1n) is 8.89. The number of hydrogen-bond donors (Lipinski definition) is 0. The van der Waals surface area contributed by atoms with Crippen LogP contribution in [0.25, 0.3) is 5.69 Å². The van der Waals surface area contributed by atoms with Gasteiger partial charge in [-0.25, -0.2) is 9.67 Å². The molecular weight excluding hydrogens is 360 g/mol. The summed E-state index contributed by atoms with van der Waals surface area (Å²) in [5.41, 5.74) is 3.71. The molecule has 0 saturated carbocycles. The van der Waals surface area contributed by atoms with Gasteiger partial charge in [0.05, 0.1) is 10.7 Å². The van der Waals surface area contributed by atoms with Crippen molar-refractivity contribution in [2.75, 3.05) is 4.90 Å². The summed E-state index contributed by atoms with van der Waals surface area (Å²) >= 11 is 6.28. The van der Waals surface area contributed by atoms with Gasteiger partial charge in [0.2, 0.25) is 5.82 Å². The van der Waals surface area contributed by atoms with Gasteiger partial charge in [-0.05, 0) is 63.9 Å². The molecule has 1 aromatic heterocycles. The lowest BCUT2D eigenvalue weighted by molar-refractivity contribution is 0.0970. The van der Waals surface area contributed by atoms with Gasteiger partial charge < -0.3 is 4.90 Å². The van der Waals surface area contributed by atoms with Crippen LogP contribution in [0.4, 0.5) is 5.69 Å². The number of aryl methyl sites for hydroxylation is 3. The lowest BCUT2D eigenvalue weighted by atomic mass is 10.1. The SMILES string of the molecule is Cc1ccc(C)c(N(C(=O)c2nc(C)n(-c3ccccc3Cl)n2)C(C)C)c1. The number of aromatic nitrogens is 3. The molecule has 0 N–H and O–H groups in total. The zero-order chi connectivity index (χ0) is 19.7. The Bertz CT molecular complexity index is 994. The zero-order valence-corrected chi connectivity index (χ0v) is 16.9. The molecule has 0 radical (unpaired) electrons. The monoisotopic (exact) mass is 382 g/mol. The highest BCUT2D eigenvalue weighted by atomic mass is 35.5. The Labute approximate surface area is 164 Å². The molecule has 3 aromatic rings. The third-order valence-corrected chi connectivity index (χ3v) is 4.72. The van der Waals surface area contributed by atoms with E-state index in [-0.39, 0.29) is 17.8 Å². The molecule has 140 valence electrons. The number of benzene rings is 2. The number of carbonyl (C=O) groups excluding carboxylic acids is 1. The van der Waals surface area contributed by atoms with Crippen LogP contribution in [0.5, 0.6) is 0 Å². The topological polar surface area (TPSA) is 51.0 Å². The summed E-state index contributed by atoms with van der Waals surface area (Å²) in [6.07, 6.45) is 0. The minimum Gasteiger partial charge on any atom is -0.303 e. The highest BCUT2D eigenvalue weighted by molar-refractivity contribution is 6.32. The number of carbonyl (C=O) groups is 1. The van der Waals surface area contributed by atoms with E-state index in [2.05, 4.69) is 10.1 Å². The molecule has 1 heterocycles. The van der Waals surface area contributed by atoms with Crippen LogP contribution in [-0.2, 0) is 0 Å². The minimum atomic E-state index is -0.229. The molecule has 0 fully saturated rings. The van der Waals surface area contributed by atoms with Gasteiger partial charge in [-0.3, -0.25) is 4.79 Å². The smallest absolute Gasteiger partial charge is 0.298 e. The maximum absolute atomic E-state index is 13.3. The van der Waals surface area contributed by atoms with Crippen LogP contribution in [0, 0.1) is 20.8 Å². The first-order chi connectivity index (χ1) is 12.8.